The molecule has 0 aliphatic carbocycles. The minimum atomic E-state index is 0.578. The Morgan fingerprint density at radius 2 is 1.95 bits per heavy atom. The summed E-state index contributed by atoms with van der Waals surface area (Å²) in [4.78, 5) is 1.71. The third-order valence-corrected chi connectivity index (χ3v) is 4.76. The first-order valence-electron chi connectivity index (χ1n) is 8.26. The molecule has 2 rings (SSSR count). The number of piperidine rings is 1. The molecular formula is C18H30NO+. The van der Waals surface area contributed by atoms with Crippen LogP contribution in [0.25, 0.3) is 0 Å². The van der Waals surface area contributed by atoms with Crippen LogP contribution in [0.15, 0.2) is 24.3 Å². The molecule has 0 radical (unpaired) electrons. The summed E-state index contributed by atoms with van der Waals surface area (Å²) in [7, 11) is 0. The van der Waals surface area contributed by atoms with E-state index in [-0.39, 0.29) is 0 Å². The van der Waals surface area contributed by atoms with E-state index >= 15 is 0 Å². The molecule has 20 heavy (non-hydrogen) atoms. The number of hydrogen-bond donors (Lipinski definition) is 1. The number of nitrogens with one attached hydrogen (secondary N) is 1. The molecule has 2 nitrogen and oxygen atoms in total. The molecule has 0 spiro atoms. The van der Waals surface area contributed by atoms with E-state index < -0.39 is 0 Å². The summed E-state index contributed by atoms with van der Waals surface area (Å²) in [6.45, 7) is 11.5. The van der Waals surface area contributed by atoms with Crippen molar-refractivity contribution in [2.24, 2.45) is 5.92 Å². The fourth-order valence-electron chi connectivity index (χ4n) is 2.96. The van der Waals surface area contributed by atoms with Crippen LogP contribution in [0, 0.1) is 5.92 Å². The maximum Gasteiger partial charge on any atom is 0.137 e. The summed E-state index contributed by atoms with van der Waals surface area (Å²) in [6, 6.07) is 8.52. The van der Waals surface area contributed by atoms with Crippen molar-refractivity contribution >= 4 is 0 Å². The summed E-state index contributed by atoms with van der Waals surface area (Å²) in [5.41, 5.74) is 1.36. The second-order valence-corrected chi connectivity index (χ2v) is 6.38. The van der Waals surface area contributed by atoms with Gasteiger partial charge in [0.05, 0.1) is 13.1 Å². The highest BCUT2D eigenvalue weighted by atomic mass is 16.5. The standard InChI is InChI=1S/C18H29NO/c1-4-16(3)17-7-5-6-8-18(17)20-14-13-19-11-9-15(2)10-12-19/h5-8,15-16H,4,9-14H2,1-3H3/p+1/t16-/m0/s1. The third-order valence-electron chi connectivity index (χ3n) is 4.76. The van der Waals surface area contributed by atoms with E-state index in [2.05, 4.69) is 45.0 Å². The topological polar surface area (TPSA) is 13.7 Å². The van der Waals surface area contributed by atoms with Gasteiger partial charge >= 0.3 is 0 Å². The number of hydrogen-bond acceptors (Lipinski definition) is 1. The molecule has 0 aromatic heterocycles. The number of para-hydroxylation sites is 1. The quantitative estimate of drug-likeness (QED) is 0.843. The van der Waals surface area contributed by atoms with E-state index in [4.69, 9.17) is 4.74 Å². The Hall–Kier alpha value is -1.02. The van der Waals surface area contributed by atoms with Crippen molar-refractivity contribution in [1.29, 1.82) is 0 Å². The average molecular weight is 276 g/mol. The lowest BCUT2D eigenvalue weighted by Crippen LogP contribution is -3.13. The predicted octanol–water partition coefficient (Wildman–Crippen LogP) is 2.89. The van der Waals surface area contributed by atoms with Crippen molar-refractivity contribution in [2.75, 3.05) is 26.2 Å². The Morgan fingerprint density at radius 1 is 1.25 bits per heavy atom. The fourth-order valence-corrected chi connectivity index (χ4v) is 2.96. The molecule has 0 saturated carbocycles. The van der Waals surface area contributed by atoms with E-state index in [1.807, 2.05) is 0 Å². The largest absolute Gasteiger partial charge is 0.487 e. The lowest BCUT2D eigenvalue weighted by Gasteiger charge is -2.27. The molecule has 0 amide bonds. The molecule has 1 aliphatic heterocycles. The predicted molar refractivity (Wildman–Crippen MR) is 84.6 cm³/mol. The zero-order valence-corrected chi connectivity index (χ0v) is 13.3. The first-order valence-corrected chi connectivity index (χ1v) is 8.26. The lowest BCUT2D eigenvalue weighted by atomic mass is 9.98. The van der Waals surface area contributed by atoms with Crippen molar-refractivity contribution in [3.05, 3.63) is 29.8 Å². The molecule has 0 unspecified atom stereocenters. The molecule has 1 N–H and O–H groups in total. The summed E-state index contributed by atoms with van der Waals surface area (Å²) in [5, 5.41) is 0. The fraction of sp³-hybridized carbons (Fsp3) is 0.667. The number of rotatable bonds is 6. The monoisotopic (exact) mass is 276 g/mol. The lowest BCUT2D eigenvalue weighted by molar-refractivity contribution is -0.906. The number of benzene rings is 1. The molecule has 1 atom stereocenters. The SMILES string of the molecule is CC[C@H](C)c1ccccc1OCC[NH+]1CCC(C)CC1. The Balaban J connectivity index is 1.82. The molecule has 1 heterocycles. The summed E-state index contributed by atoms with van der Waals surface area (Å²) >= 11 is 0. The molecule has 0 bridgehead atoms. The van der Waals surface area contributed by atoms with Gasteiger partial charge in [-0.25, -0.2) is 0 Å². The van der Waals surface area contributed by atoms with Gasteiger partial charge in [0.1, 0.15) is 18.9 Å². The number of ether oxygens (including phenoxy) is 1. The van der Waals surface area contributed by atoms with E-state index in [0.29, 0.717) is 5.92 Å². The maximum absolute atomic E-state index is 6.07. The molecule has 2 heteroatoms. The number of likely N-dealkylation sites (tertiary alicyclic amines) is 1. The summed E-state index contributed by atoms with van der Waals surface area (Å²) in [5.74, 6) is 2.59. The number of quaternary nitrogens is 1. The molecule has 1 saturated heterocycles. The zero-order valence-electron chi connectivity index (χ0n) is 13.3. The molecule has 1 fully saturated rings. The molecular weight excluding hydrogens is 246 g/mol. The highest BCUT2D eigenvalue weighted by Gasteiger charge is 2.18. The van der Waals surface area contributed by atoms with Crippen LogP contribution >= 0.6 is 0 Å². The van der Waals surface area contributed by atoms with Gasteiger partial charge in [0, 0.05) is 0 Å². The van der Waals surface area contributed by atoms with Crippen LogP contribution in [-0.2, 0) is 0 Å². The minimum Gasteiger partial charge on any atom is -0.487 e. The first kappa shape index (κ1) is 15.4. The van der Waals surface area contributed by atoms with Crippen molar-refractivity contribution in [3.8, 4) is 5.75 Å². The highest BCUT2D eigenvalue weighted by molar-refractivity contribution is 5.35. The Morgan fingerprint density at radius 3 is 2.65 bits per heavy atom. The van der Waals surface area contributed by atoms with Crippen molar-refractivity contribution < 1.29 is 9.64 Å². The van der Waals surface area contributed by atoms with Crippen molar-refractivity contribution in [3.63, 3.8) is 0 Å². The smallest absolute Gasteiger partial charge is 0.137 e. The van der Waals surface area contributed by atoms with Gasteiger partial charge in [0.25, 0.3) is 0 Å². The Labute approximate surface area is 124 Å². The van der Waals surface area contributed by atoms with Crippen LogP contribution in [-0.4, -0.2) is 26.2 Å². The van der Waals surface area contributed by atoms with Gasteiger partial charge in [-0.2, -0.15) is 0 Å². The Kier molecular flexibility index (Phi) is 5.90. The molecule has 1 aromatic carbocycles. The normalized spacial score (nSPS) is 24.4. The van der Waals surface area contributed by atoms with Crippen LogP contribution in [0.4, 0.5) is 0 Å². The maximum atomic E-state index is 6.07. The van der Waals surface area contributed by atoms with Gasteiger partial charge in [-0.3, -0.25) is 0 Å². The second-order valence-electron chi connectivity index (χ2n) is 6.38. The Bertz CT molecular complexity index is 396. The summed E-state index contributed by atoms with van der Waals surface area (Å²) in [6.07, 6.45) is 3.91. The van der Waals surface area contributed by atoms with Crippen LogP contribution in [0.3, 0.4) is 0 Å². The van der Waals surface area contributed by atoms with Crippen LogP contribution in [0.1, 0.15) is 51.5 Å². The zero-order chi connectivity index (χ0) is 14.4. The van der Waals surface area contributed by atoms with E-state index in [9.17, 15) is 0 Å². The van der Waals surface area contributed by atoms with Crippen LogP contribution in [0.2, 0.25) is 0 Å². The van der Waals surface area contributed by atoms with Gasteiger partial charge in [-0.1, -0.05) is 39.0 Å². The van der Waals surface area contributed by atoms with Gasteiger partial charge in [0.2, 0.25) is 0 Å². The molecule has 112 valence electrons. The van der Waals surface area contributed by atoms with E-state index in [1.54, 1.807) is 4.90 Å². The second kappa shape index (κ2) is 7.68. The molecule has 1 aliphatic rings. The van der Waals surface area contributed by atoms with Crippen molar-refractivity contribution in [2.45, 2.75) is 46.0 Å². The van der Waals surface area contributed by atoms with Gasteiger partial charge in [0.15, 0.2) is 0 Å². The van der Waals surface area contributed by atoms with Crippen molar-refractivity contribution in [1.82, 2.24) is 0 Å². The van der Waals surface area contributed by atoms with E-state index in [0.717, 1.165) is 31.2 Å². The van der Waals surface area contributed by atoms with Gasteiger partial charge < -0.3 is 9.64 Å². The van der Waals surface area contributed by atoms with Crippen LogP contribution in [0.5, 0.6) is 5.75 Å². The third kappa shape index (κ3) is 4.24. The van der Waals surface area contributed by atoms with E-state index in [1.165, 1.54) is 31.5 Å². The highest BCUT2D eigenvalue weighted by Crippen LogP contribution is 2.28. The average Bonchev–Trinajstić information content (AvgIpc) is 2.49. The van der Waals surface area contributed by atoms with Gasteiger partial charge in [-0.05, 0) is 42.7 Å². The van der Waals surface area contributed by atoms with Crippen LogP contribution < -0.4 is 9.64 Å². The van der Waals surface area contributed by atoms with Gasteiger partial charge in [-0.15, -0.1) is 0 Å². The first-order chi connectivity index (χ1) is 9.70. The molecule has 1 aromatic rings. The summed E-state index contributed by atoms with van der Waals surface area (Å²) < 4.78 is 6.07. The minimum absolute atomic E-state index is 0.578.